The number of aromatic nitrogens is 1. The minimum absolute atomic E-state index is 0.0714. The van der Waals surface area contributed by atoms with Gasteiger partial charge in [0.15, 0.2) is 0 Å². The summed E-state index contributed by atoms with van der Waals surface area (Å²) in [6, 6.07) is 10.5. The highest BCUT2D eigenvalue weighted by molar-refractivity contribution is 8.00. The van der Waals surface area contributed by atoms with E-state index in [0.717, 1.165) is 11.1 Å². The third-order valence-electron chi connectivity index (χ3n) is 3.88. The van der Waals surface area contributed by atoms with Gasteiger partial charge in [-0.15, -0.1) is 0 Å². The van der Waals surface area contributed by atoms with Crippen LogP contribution in [0.5, 0.6) is 0 Å². The van der Waals surface area contributed by atoms with Gasteiger partial charge in [-0.1, -0.05) is 18.2 Å². The molecule has 0 saturated carbocycles. The van der Waals surface area contributed by atoms with E-state index in [2.05, 4.69) is 24.0 Å². The SMILES string of the molecule is CC1(C(N)c2cnc3ccccc3c2)CCCS1. The monoisotopic (exact) mass is 258 g/mol. The molecule has 2 nitrogen and oxygen atoms in total. The second-order valence-corrected chi connectivity index (χ2v) is 6.83. The maximum absolute atomic E-state index is 6.46. The van der Waals surface area contributed by atoms with Crippen LogP contribution in [0, 0.1) is 0 Å². The van der Waals surface area contributed by atoms with Crippen LogP contribution < -0.4 is 5.73 Å². The molecule has 0 spiro atoms. The molecule has 0 radical (unpaired) electrons. The predicted octanol–water partition coefficient (Wildman–Crippen LogP) is 3.52. The van der Waals surface area contributed by atoms with E-state index in [1.54, 1.807) is 0 Å². The van der Waals surface area contributed by atoms with Gasteiger partial charge in [-0.3, -0.25) is 4.98 Å². The van der Waals surface area contributed by atoms with E-state index in [1.807, 2.05) is 36.2 Å². The van der Waals surface area contributed by atoms with Crippen LogP contribution in [0.25, 0.3) is 10.9 Å². The first-order chi connectivity index (χ1) is 8.69. The highest BCUT2D eigenvalue weighted by Crippen LogP contribution is 2.45. The molecular weight excluding hydrogens is 240 g/mol. The summed E-state index contributed by atoms with van der Waals surface area (Å²) in [5.74, 6) is 1.23. The highest BCUT2D eigenvalue weighted by atomic mass is 32.2. The van der Waals surface area contributed by atoms with Gasteiger partial charge < -0.3 is 5.73 Å². The predicted molar refractivity (Wildman–Crippen MR) is 78.8 cm³/mol. The molecule has 1 aromatic heterocycles. The lowest BCUT2D eigenvalue weighted by molar-refractivity contribution is 0.501. The average Bonchev–Trinajstić information content (AvgIpc) is 2.85. The maximum atomic E-state index is 6.46. The number of thioether (sulfide) groups is 1. The third kappa shape index (κ3) is 2.02. The third-order valence-corrected chi connectivity index (χ3v) is 5.49. The van der Waals surface area contributed by atoms with E-state index in [1.165, 1.54) is 24.0 Å². The summed E-state index contributed by atoms with van der Waals surface area (Å²) in [6.07, 6.45) is 4.42. The van der Waals surface area contributed by atoms with Crippen molar-refractivity contribution in [1.82, 2.24) is 4.98 Å². The molecule has 1 aliphatic heterocycles. The number of para-hydroxylation sites is 1. The molecular formula is C15H18N2S. The quantitative estimate of drug-likeness (QED) is 0.895. The van der Waals surface area contributed by atoms with E-state index < -0.39 is 0 Å². The van der Waals surface area contributed by atoms with Gasteiger partial charge in [0.2, 0.25) is 0 Å². The van der Waals surface area contributed by atoms with Gasteiger partial charge >= 0.3 is 0 Å². The van der Waals surface area contributed by atoms with E-state index in [0.29, 0.717) is 0 Å². The van der Waals surface area contributed by atoms with Crippen molar-refractivity contribution in [2.24, 2.45) is 5.73 Å². The van der Waals surface area contributed by atoms with Crippen LogP contribution in [0.1, 0.15) is 31.4 Å². The minimum Gasteiger partial charge on any atom is -0.323 e. The van der Waals surface area contributed by atoms with Gasteiger partial charge in [-0.2, -0.15) is 11.8 Å². The zero-order chi connectivity index (χ0) is 12.6. The Kier molecular flexibility index (Phi) is 3.04. The summed E-state index contributed by atoms with van der Waals surface area (Å²) in [4.78, 5) is 4.52. The molecule has 3 rings (SSSR count). The highest BCUT2D eigenvalue weighted by Gasteiger charge is 2.36. The van der Waals surface area contributed by atoms with Crippen LogP contribution in [0.15, 0.2) is 36.5 Å². The Hall–Kier alpha value is -1.06. The van der Waals surface area contributed by atoms with Crippen LogP contribution in [0.2, 0.25) is 0 Å². The lowest BCUT2D eigenvalue weighted by Gasteiger charge is -2.30. The molecule has 18 heavy (non-hydrogen) atoms. The Balaban J connectivity index is 1.98. The lowest BCUT2D eigenvalue weighted by Crippen LogP contribution is -2.33. The second-order valence-electron chi connectivity index (χ2n) is 5.20. The first kappa shape index (κ1) is 12.0. The lowest BCUT2D eigenvalue weighted by atomic mass is 9.91. The fourth-order valence-corrected chi connectivity index (χ4v) is 4.02. The molecule has 0 bridgehead atoms. The molecule has 2 N–H and O–H groups in total. The van der Waals surface area contributed by atoms with Crippen LogP contribution >= 0.6 is 11.8 Å². The van der Waals surface area contributed by atoms with Crippen LogP contribution in [0.3, 0.4) is 0 Å². The molecule has 3 heteroatoms. The average molecular weight is 258 g/mol. The molecule has 94 valence electrons. The van der Waals surface area contributed by atoms with E-state index in [4.69, 9.17) is 5.73 Å². The number of fused-ring (bicyclic) bond motifs is 1. The van der Waals surface area contributed by atoms with E-state index in [-0.39, 0.29) is 10.8 Å². The number of hydrogen-bond acceptors (Lipinski definition) is 3. The fraction of sp³-hybridized carbons (Fsp3) is 0.400. The summed E-state index contributed by atoms with van der Waals surface area (Å²) in [6.45, 7) is 2.28. The van der Waals surface area contributed by atoms with Crippen LogP contribution in [-0.2, 0) is 0 Å². The topological polar surface area (TPSA) is 38.9 Å². The molecule has 2 unspecified atom stereocenters. The van der Waals surface area contributed by atoms with E-state index >= 15 is 0 Å². The summed E-state index contributed by atoms with van der Waals surface area (Å²) in [5.41, 5.74) is 8.66. The molecule has 0 amide bonds. The van der Waals surface area contributed by atoms with Gasteiger partial charge in [0.25, 0.3) is 0 Å². The van der Waals surface area contributed by atoms with Crippen molar-refractivity contribution in [3.05, 3.63) is 42.1 Å². The van der Waals surface area contributed by atoms with Crippen molar-refractivity contribution < 1.29 is 0 Å². The number of rotatable bonds is 2. The molecule has 2 atom stereocenters. The molecule has 1 fully saturated rings. The van der Waals surface area contributed by atoms with Crippen LogP contribution in [-0.4, -0.2) is 15.5 Å². The second kappa shape index (κ2) is 4.56. The van der Waals surface area contributed by atoms with Crippen molar-refractivity contribution in [1.29, 1.82) is 0 Å². The number of benzene rings is 1. The van der Waals surface area contributed by atoms with Gasteiger partial charge in [-0.25, -0.2) is 0 Å². The number of nitrogens with zero attached hydrogens (tertiary/aromatic N) is 1. The normalized spacial score (nSPS) is 25.4. The van der Waals surface area contributed by atoms with Gasteiger partial charge in [0.1, 0.15) is 0 Å². The molecule has 0 aliphatic carbocycles. The fourth-order valence-electron chi connectivity index (χ4n) is 2.66. The first-order valence-corrected chi connectivity index (χ1v) is 7.42. The number of nitrogens with two attached hydrogens (primary N) is 1. The molecule has 2 aromatic rings. The molecule has 1 aliphatic rings. The van der Waals surface area contributed by atoms with Crippen LogP contribution in [0.4, 0.5) is 0 Å². The van der Waals surface area contributed by atoms with Crippen molar-refractivity contribution in [2.45, 2.75) is 30.6 Å². The Labute approximate surface area is 112 Å². The van der Waals surface area contributed by atoms with Crippen molar-refractivity contribution in [3.63, 3.8) is 0 Å². The molecule has 1 aromatic carbocycles. The Bertz CT molecular complexity index is 561. The van der Waals surface area contributed by atoms with Gasteiger partial charge in [0.05, 0.1) is 5.52 Å². The molecule has 2 heterocycles. The maximum Gasteiger partial charge on any atom is 0.0702 e. The Morgan fingerprint density at radius 3 is 3.00 bits per heavy atom. The number of pyridine rings is 1. The smallest absolute Gasteiger partial charge is 0.0702 e. The van der Waals surface area contributed by atoms with Gasteiger partial charge in [-0.05, 0) is 43.2 Å². The summed E-state index contributed by atoms with van der Waals surface area (Å²) in [5, 5.41) is 1.18. The summed E-state index contributed by atoms with van der Waals surface area (Å²) in [7, 11) is 0. The zero-order valence-corrected chi connectivity index (χ0v) is 11.4. The summed E-state index contributed by atoms with van der Waals surface area (Å²) >= 11 is 2.00. The van der Waals surface area contributed by atoms with E-state index in [9.17, 15) is 0 Å². The van der Waals surface area contributed by atoms with Crippen molar-refractivity contribution >= 4 is 22.7 Å². The minimum atomic E-state index is 0.0714. The zero-order valence-electron chi connectivity index (χ0n) is 10.6. The number of hydrogen-bond donors (Lipinski definition) is 1. The largest absolute Gasteiger partial charge is 0.323 e. The Morgan fingerprint density at radius 1 is 1.39 bits per heavy atom. The van der Waals surface area contributed by atoms with Crippen molar-refractivity contribution in [2.75, 3.05) is 5.75 Å². The summed E-state index contributed by atoms with van der Waals surface area (Å²) < 4.78 is 0.171. The first-order valence-electron chi connectivity index (χ1n) is 6.43. The van der Waals surface area contributed by atoms with Crippen molar-refractivity contribution in [3.8, 4) is 0 Å². The standard InChI is InChI=1S/C15H18N2S/c1-15(7-4-8-18-15)14(16)12-9-11-5-2-3-6-13(11)17-10-12/h2-3,5-6,9-10,14H,4,7-8,16H2,1H3. The molecule has 1 saturated heterocycles. The van der Waals surface area contributed by atoms with Gasteiger partial charge in [0, 0.05) is 22.4 Å². The Morgan fingerprint density at radius 2 is 2.22 bits per heavy atom.